The molecule has 2 heterocycles. The van der Waals surface area contributed by atoms with Gasteiger partial charge in [0.25, 0.3) is 5.91 Å². The number of fused-ring (bicyclic) bond motifs is 1. The van der Waals surface area contributed by atoms with Crippen LogP contribution < -0.4 is 19.6 Å². The number of hydrogen-bond acceptors (Lipinski definition) is 7. The average molecular weight is 424 g/mol. The minimum Gasteiger partial charge on any atom is -0.507 e. The Balaban J connectivity index is 1.78. The van der Waals surface area contributed by atoms with Crippen LogP contribution in [0.5, 0.6) is 17.2 Å². The Bertz CT molecular complexity index is 1200. The fourth-order valence-electron chi connectivity index (χ4n) is 2.98. The molecule has 0 fully saturated rings. The molecule has 154 valence electrons. The number of thiazole rings is 1. The smallest absolute Gasteiger partial charge is 0.262 e. The van der Waals surface area contributed by atoms with E-state index in [0.717, 1.165) is 11.3 Å². The largest absolute Gasteiger partial charge is 0.507 e. The van der Waals surface area contributed by atoms with Crippen LogP contribution in [0.2, 0.25) is 0 Å². The van der Waals surface area contributed by atoms with Gasteiger partial charge in [-0.1, -0.05) is 0 Å². The Morgan fingerprint density at radius 1 is 1.33 bits per heavy atom. The van der Waals surface area contributed by atoms with Crippen LogP contribution in [0, 0.1) is 0 Å². The van der Waals surface area contributed by atoms with E-state index in [9.17, 15) is 9.90 Å². The van der Waals surface area contributed by atoms with Gasteiger partial charge in [0.15, 0.2) is 6.61 Å². The number of nitrogens with one attached hydrogen (secondary N) is 1. The molecule has 30 heavy (non-hydrogen) atoms. The molecule has 1 aliphatic heterocycles. The molecule has 1 amide bonds. The normalized spacial score (nSPS) is 13.8. The van der Waals surface area contributed by atoms with Crippen molar-refractivity contribution in [1.82, 2.24) is 4.68 Å². The van der Waals surface area contributed by atoms with E-state index < -0.39 is 0 Å². The fraction of sp³-hybridized carbons (Fsp3) is 0.190. The minimum absolute atomic E-state index is 0.0125. The Morgan fingerprint density at radius 3 is 3.00 bits per heavy atom. The lowest BCUT2D eigenvalue weighted by Crippen LogP contribution is -2.25. The molecular weight excluding hydrogens is 404 g/mol. The Kier molecular flexibility index (Phi) is 5.53. The zero-order chi connectivity index (χ0) is 21.1. The molecule has 1 aliphatic rings. The number of nitrogens with zero attached hydrogens (tertiary/aromatic N) is 3. The number of aromatic nitrogens is 1. The Hall–Kier alpha value is -3.59. The van der Waals surface area contributed by atoms with E-state index in [2.05, 4.69) is 15.4 Å². The van der Waals surface area contributed by atoms with E-state index in [0.29, 0.717) is 34.1 Å². The van der Waals surface area contributed by atoms with Gasteiger partial charge in [-0.25, -0.2) is 4.68 Å². The standard InChI is InChI=1S/C21H20N4O4S/c1-3-22-21-25(23-10-14-8-15(28-2)5-6-18(14)26)17(12-30-21)13-4-7-19-16(9-13)24-20(27)11-29-19/h4-10,12,26H,3,11H2,1-2H3,(H,24,27). The molecule has 3 aromatic rings. The third-order valence-electron chi connectivity index (χ3n) is 4.43. The second kappa shape index (κ2) is 8.42. The molecule has 0 aliphatic carbocycles. The molecule has 0 unspecified atom stereocenters. The summed E-state index contributed by atoms with van der Waals surface area (Å²) in [6, 6.07) is 10.5. The third-order valence-corrected chi connectivity index (χ3v) is 5.29. The molecular formula is C21H20N4O4S. The highest BCUT2D eigenvalue weighted by atomic mass is 32.1. The highest BCUT2D eigenvalue weighted by Gasteiger charge is 2.17. The van der Waals surface area contributed by atoms with Crippen LogP contribution in [-0.2, 0) is 4.79 Å². The number of benzene rings is 2. The second-order valence-corrected chi connectivity index (χ2v) is 7.24. The number of carbonyl (C=O) groups excluding carboxylic acids is 1. The van der Waals surface area contributed by atoms with Gasteiger partial charge in [0.1, 0.15) is 17.2 Å². The summed E-state index contributed by atoms with van der Waals surface area (Å²) in [5, 5.41) is 19.5. The van der Waals surface area contributed by atoms with E-state index in [1.54, 1.807) is 36.2 Å². The first-order valence-corrected chi connectivity index (χ1v) is 10.2. The predicted molar refractivity (Wildman–Crippen MR) is 116 cm³/mol. The zero-order valence-electron chi connectivity index (χ0n) is 16.5. The van der Waals surface area contributed by atoms with Gasteiger partial charge in [0.05, 0.1) is 24.7 Å². The number of phenols is 1. The van der Waals surface area contributed by atoms with Crippen molar-refractivity contribution in [1.29, 1.82) is 0 Å². The highest BCUT2D eigenvalue weighted by Crippen LogP contribution is 2.33. The zero-order valence-corrected chi connectivity index (χ0v) is 17.3. The van der Waals surface area contributed by atoms with Crippen LogP contribution in [0.1, 0.15) is 12.5 Å². The number of amides is 1. The maximum Gasteiger partial charge on any atom is 0.262 e. The van der Waals surface area contributed by atoms with Crippen LogP contribution in [0.4, 0.5) is 5.69 Å². The number of methoxy groups -OCH3 is 1. The molecule has 9 heteroatoms. The van der Waals surface area contributed by atoms with Crippen LogP contribution in [0.25, 0.3) is 11.3 Å². The summed E-state index contributed by atoms with van der Waals surface area (Å²) in [6.45, 7) is 2.57. The molecule has 2 aromatic carbocycles. The minimum atomic E-state index is -0.189. The van der Waals surface area contributed by atoms with Crippen molar-refractivity contribution in [3.05, 3.63) is 52.1 Å². The van der Waals surface area contributed by atoms with Crippen LogP contribution >= 0.6 is 11.3 Å². The second-order valence-electron chi connectivity index (χ2n) is 6.41. The molecule has 8 nitrogen and oxygen atoms in total. The maximum absolute atomic E-state index is 11.7. The summed E-state index contributed by atoms with van der Waals surface area (Å²) in [5.74, 6) is 1.16. The summed E-state index contributed by atoms with van der Waals surface area (Å²) in [5.41, 5.74) is 2.78. The number of ether oxygens (including phenoxy) is 2. The summed E-state index contributed by atoms with van der Waals surface area (Å²) in [6.07, 6.45) is 1.56. The topological polar surface area (TPSA) is 97.4 Å². The third kappa shape index (κ3) is 3.92. The molecule has 0 radical (unpaired) electrons. The lowest BCUT2D eigenvalue weighted by molar-refractivity contribution is -0.118. The SMILES string of the molecule is CCN=c1scc(-c2ccc3c(c2)NC(=O)CO3)n1N=Cc1cc(OC)ccc1O. The summed E-state index contributed by atoms with van der Waals surface area (Å²) < 4.78 is 12.4. The molecule has 4 rings (SSSR count). The molecule has 2 N–H and O–H groups in total. The molecule has 1 aromatic heterocycles. The van der Waals surface area contributed by atoms with Gasteiger partial charge >= 0.3 is 0 Å². The molecule has 0 atom stereocenters. The quantitative estimate of drug-likeness (QED) is 0.615. The molecule has 0 spiro atoms. The number of hydrogen-bond donors (Lipinski definition) is 2. The van der Waals surface area contributed by atoms with Crippen LogP contribution in [-0.4, -0.2) is 42.2 Å². The van der Waals surface area contributed by atoms with Gasteiger partial charge in [-0.2, -0.15) is 5.10 Å². The summed E-state index contributed by atoms with van der Waals surface area (Å²) in [7, 11) is 1.57. The monoisotopic (exact) mass is 424 g/mol. The van der Waals surface area contributed by atoms with Gasteiger partial charge in [0, 0.05) is 23.1 Å². The number of rotatable bonds is 5. The Labute approximate surface area is 176 Å². The Morgan fingerprint density at radius 2 is 2.20 bits per heavy atom. The van der Waals surface area contributed by atoms with Gasteiger partial charge in [0.2, 0.25) is 4.80 Å². The fourth-order valence-corrected chi connectivity index (χ4v) is 3.88. The van der Waals surface area contributed by atoms with Crippen molar-refractivity contribution in [2.75, 3.05) is 25.6 Å². The number of aromatic hydroxyl groups is 1. The van der Waals surface area contributed by atoms with E-state index in [1.807, 2.05) is 30.5 Å². The summed E-state index contributed by atoms with van der Waals surface area (Å²) in [4.78, 5) is 16.9. The molecule has 0 saturated heterocycles. The van der Waals surface area contributed by atoms with E-state index in [-0.39, 0.29) is 18.3 Å². The number of carbonyl (C=O) groups is 1. The molecule has 0 saturated carbocycles. The van der Waals surface area contributed by atoms with E-state index >= 15 is 0 Å². The molecule has 0 bridgehead atoms. The lowest BCUT2D eigenvalue weighted by atomic mass is 10.1. The van der Waals surface area contributed by atoms with Crippen molar-refractivity contribution >= 4 is 29.1 Å². The first-order valence-electron chi connectivity index (χ1n) is 9.28. The first-order chi connectivity index (χ1) is 14.6. The van der Waals surface area contributed by atoms with Crippen LogP contribution in [0.3, 0.4) is 0 Å². The van der Waals surface area contributed by atoms with Crippen LogP contribution in [0.15, 0.2) is 51.9 Å². The van der Waals surface area contributed by atoms with Gasteiger partial charge in [-0.15, -0.1) is 11.3 Å². The first kappa shape index (κ1) is 19.7. The van der Waals surface area contributed by atoms with Gasteiger partial charge in [-0.05, 0) is 43.3 Å². The van der Waals surface area contributed by atoms with Gasteiger partial charge < -0.3 is 19.9 Å². The van der Waals surface area contributed by atoms with Crippen molar-refractivity contribution in [3.63, 3.8) is 0 Å². The van der Waals surface area contributed by atoms with Crippen molar-refractivity contribution in [3.8, 4) is 28.5 Å². The lowest BCUT2D eigenvalue weighted by Gasteiger charge is -2.18. The van der Waals surface area contributed by atoms with Gasteiger partial charge in [-0.3, -0.25) is 9.79 Å². The van der Waals surface area contributed by atoms with Crippen molar-refractivity contribution in [2.24, 2.45) is 10.1 Å². The maximum atomic E-state index is 11.7. The summed E-state index contributed by atoms with van der Waals surface area (Å²) >= 11 is 1.46. The predicted octanol–water partition coefficient (Wildman–Crippen LogP) is 3.06. The van der Waals surface area contributed by atoms with Crippen molar-refractivity contribution in [2.45, 2.75) is 6.92 Å². The number of phenolic OH excluding ortho intramolecular Hbond substituents is 1. The van der Waals surface area contributed by atoms with E-state index in [4.69, 9.17) is 9.47 Å². The van der Waals surface area contributed by atoms with E-state index in [1.165, 1.54) is 11.3 Å². The number of anilines is 1. The van der Waals surface area contributed by atoms with Crippen molar-refractivity contribution < 1.29 is 19.4 Å². The highest BCUT2D eigenvalue weighted by molar-refractivity contribution is 7.07. The average Bonchev–Trinajstić information content (AvgIpc) is 3.15.